The molecule has 0 aliphatic carbocycles. The van der Waals surface area contributed by atoms with E-state index < -0.39 is 8.25 Å². The molecule has 13 heavy (non-hydrogen) atoms. The predicted molar refractivity (Wildman–Crippen MR) is 48.3 cm³/mol. The Labute approximate surface area is 124 Å². The fourth-order valence-electron chi connectivity index (χ4n) is 1.04. The van der Waals surface area contributed by atoms with Gasteiger partial charge in [0.1, 0.15) is 8.25 Å². The molecule has 0 saturated heterocycles. The van der Waals surface area contributed by atoms with E-state index in [4.69, 9.17) is 0 Å². The van der Waals surface area contributed by atoms with Crippen molar-refractivity contribution in [1.82, 2.24) is 0 Å². The molecule has 0 N–H and O–H groups in total. The van der Waals surface area contributed by atoms with Crippen LogP contribution in [0.2, 0.25) is 0 Å². The van der Waals surface area contributed by atoms with E-state index in [1.54, 1.807) is 0 Å². The van der Waals surface area contributed by atoms with Gasteiger partial charge in [-0.05, 0) is 6.42 Å². The molecule has 1 unspecified atom stereocenters. The van der Waals surface area contributed by atoms with Gasteiger partial charge in [0.25, 0.3) is 0 Å². The molecule has 1 atom stereocenters. The zero-order chi connectivity index (χ0) is 9.23. The first kappa shape index (κ1) is 17.2. The average Bonchev–Trinajstić information content (AvgIpc) is 2.02. The van der Waals surface area contributed by atoms with Crippen molar-refractivity contribution in [2.45, 2.75) is 45.4 Å². The van der Waals surface area contributed by atoms with Gasteiger partial charge < -0.3 is 14.0 Å². The van der Waals surface area contributed by atoms with Crippen LogP contribution in [0.1, 0.15) is 45.4 Å². The van der Waals surface area contributed by atoms with Crippen LogP contribution < -0.4 is 56.3 Å². The molecule has 0 saturated carbocycles. The summed E-state index contributed by atoms with van der Waals surface area (Å²) in [7, 11) is -2.93. The minimum Gasteiger partial charge on any atom is -0.781 e. The molecule has 0 rings (SSSR count). The molecule has 0 fully saturated rings. The summed E-state index contributed by atoms with van der Waals surface area (Å²) in [6.07, 6.45) is 6.90. The normalized spacial score (nSPS) is 12.2. The Morgan fingerprint density at radius 2 is 1.69 bits per heavy atom. The van der Waals surface area contributed by atoms with Crippen LogP contribution in [0.3, 0.4) is 0 Å². The molecule has 0 aliphatic heterocycles. The van der Waals surface area contributed by atoms with Crippen LogP contribution in [-0.2, 0) is 9.09 Å². The fourth-order valence-corrected chi connectivity index (χ4v) is 1.35. The van der Waals surface area contributed by atoms with Gasteiger partial charge in [-0.15, -0.1) is 0 Å². The Morgan fingerprint density at radius 3 is 2.23 bits per heavy atom. The average molecular weight is 232 g/mol. The van der Waals surface area contributed by atoms with E-state index in [9.17, 15) is 9.46 Å². The molecular weight excluding hydrogens is 214 g/mol. The van der Waals surface area contributed by atoms with Crippen LogP contribution in [0.25, 0.3) is 0 Å². The van der Waals surface area contributed by atoms with Crippen molar-refractivity contribution < 1.29 is 65.4 Å². The van der Waals surface area contributed by atoms with Crippen molar-refractivity contribution in [3.8, 4) is 0 Å². The smallest absolute Gasteiger partial charge is 0.781 e. The number of unbranched alkanes of at least 4 members (excludes halogenated alkanes) is 5. The van der Waals surface area contributed by atoms with Crippen LogP contribution in [0.5, 0.6) is 0 Å². The van der Waals surface area contributed by atoms with Crippen LogP contribution in [0.15, 0.2) is 0 Å². The van der Waals surface area contributed by atoms with E-state index in [2.05, 4.69) is 11.4 Å². The number of rotatable bonds is 8. The molecule has 5 heteroatoms. The molecule has 0 amide bonds. The summed E-state index contributed by atoms with van der Waals surface area (Å²) < 4.78 is 14.4. The van der Waals surface area contributed by atoms with Crippen LogP contribution in [0, 0.1) is 0 Å². The summed E-state index contributed by atoms with van der Waals surface area (Å²) >= 11 is 0. The van der Waals surface area contributed by atoms with Crippen LogP contribution in [0.4, 0.5) is 0 Å². The molecule has 74 valence electrons. The van der Waals surface area contributed by atoms with Gasteiger partial charge in [0.05, 0.1) is 6.61 Å². The SMILES string of the molecule is CCCCCCCCO[PH](=O)[O-].[K+]. The summed E-state index contributed by atoms with van der Waals surface area (Å²) in [4.78, 5) is 9.99. The first-order valence-corrected chi connectivity index (χ1v) is 5.83. The van der Waals surface area contributed by atoms with Crippen molar-refractivity contribution in [1.29, 1.82) is 0 Å². The molecular formula is C8H18KO3P. The Hall–Kier alpha value is 1.79. The maximum atomic E-state index is 9.99. The second-order valence-corrected chi connectivity index (χ2v) is 3.65. The standard InChI is InChI=1S/C8H19O3P.K/c1-2-3-4-5-6-7-8-11-12(9)10;/h12H,2-8H2,1H3,(H,9,10);/q;+1/p-1. The van der Waals surface area contributed by atoms with Crippen molar-refractivity contribution in [2.75, 3.05) is 6.61 Å². The zero-order valence-corrected chi connectivity index (χ0v) is 12.8. The molecule has 0 aromatic heterocycles. The van der Waals surface area contributed by atoms with E-state index in [1.165, 1.54) is 25.7 Å². The van der Waals surface area contributed by atoms with Gasteiger partial charge in [-0.2, -0.15) is 0 Å². The molecule has 0 aliphatic rings. The molecule has 0 aromatic rings. The van der Waals surface area contributed by atoms with Crippen molar-refractivity contribution in [3.63, 3.8) is 0 Å². The third-order valence-electron chi connectivity index (χ3n) is 1.72. The van der Waals surface area contributed by atoms with Crippen molar-refractivity contribution >= 4 is 8.25 Å². The minimum absolute atomic E-state index is 0. The molecule has 0 heterocycles. The van der Waals surface area contributed by atoms with Crippen LogP contribution in [-0.4, -0.2) is 6.61 Å². The van der Waals surface area contributed by atoms with E-state index in [0.717, 1.165) is 12.8 Å². The van der Waals surface area contributed by atoms with Gasteiger partial charge in [-0.3, -0.25) is 0 Å². The summed E-state index contributed by atoms with van der Waals surface area (Å²) in [5, 5.41) is 0. The van der Waals surface area contributed by atoms with E-state index in [0.29, 0.717) is 6.61 Å². The second kappa shape index (κ2) is 13.8. The van der Waals surface area contributed by atoms with Gasteiger partial charge in [0.2, 0.25) is 0 Å². The third-order valence-corrected chi connectivity index (χ3v) is 2.16. The molecule has 0 aromatic carbocycles. The van der Waals surface area contributed by atoms with Crippen molar-refractivity contribution in [3.05, 3.63) is 0 Å². The number of hydrogen-bond acceptors (Lipinski definition) is 3. The van der Waals surface area contributed by atoms with E-state index in [-0.39, 0.29) is 51.4 Å². The molecule has 3 nitrogen and oxygen atoms in total. The quantitative estimate of drug-likeness (QED) is 0.310. The summed E-state index contributed by atoms with van der Waals surface area (Å²) in [6, 6.07) is 0. The largest absolute Gasteiger partial charge is 1.00 e. The second-order valence-electron chi connectivity index (χ2n) is 2.87. The van der Waals surface area contributed by atoms with Gasteiger partial charge in [-0.25, -0.2) is 0 Å². The summed E-state index contributed by atoms with van der Waals surface area (Å²) in [6.45, 7) is 2.54. The maximum absolute atomic E-state index is 9.99. The Kier molecular flexibility index (Phi) is 18.2. The maximum Gasteiger partial charge on any atom is 1.00 e. The molecule has 0 bridgehead atoms. The van der Waals surface area contributed by atoms with E-state index in [1.807, 2.05) is 0 Å². The first-order chi connectivity index (χ1) is 5.77. The summed E-state index contributed by atoms with van der Waals surface area (Å²) in [5.74, 6) is 0. The van der Waals surface area contributed by atoms with Gasteiger partial charge in [0.15, 0.2) is 0 Å². The third kappa shape index (κ3) is 16.5. The molecule has 0 spiro atoms. The Bertz CT molecular complexity index is 122. The van der Waals surface area contributed by atoms with E-state index >= 15 is 0 Å². The van der Waals surface area contributed by atoms with Crippen LogP contribution >= 0.6 is 8.25 Å². The van der Waals surface area contributed by atoms with Gasteiger partial charge in [-0.1, -0.05) is 39.0 Å². The van der Waals surface area contributed by atoms with Gasteiger partial charge in [0, 0.05) is 0 Å². The first-order valence-electron chi connectivity index (χ1n) is 4.61. The fraction of sp³-hybridized carbons (Fsp3) is 1.00. The Morgan fingerprint density at radius 1 is 1.15 bits per heavy atom. The minimum atomic E-state index is -2.93. The molecule has 0 radical (unpaired) electrons. The summed E-state index contributed by atoms with van der Waals surface area (Å²) in [5.41, 5.74) is 0. The topological polar surface area (TPSA) is 49.4 Å². The van der Waals surface area contributed by atoms with Crippen molar-refractivity contribution in [2.24, 2.45) is 0 Å². The zero-order valence-electron chi connectivity index (χ0n) is 8.67. The predicted octanol–water partition coefficient (Wildman–Crippen LogP) is -0.882. The van der Waals surface area contributed by atoms with Gasteiger partial charge >= 0.3 is 51.4 Å². The number of hydrogen-bond donors (Lipinski definition) is 0. The monoisotopic (exact) mass is 232 g/mol. The Balaban J connectivity index is 0.